The Balaban J connectivity index is 1.84. The van der Waals surface area contributed by atoms with Gasteiger partial charge in [0.25, 0.3) is 0 Å². The molecule has 1 aliphatic rings. The Hall–Kier alpha value is -1.79. The number of aryl methyl sites for hydroxylation is 1. The molecule has 1 fully saturated rings. The zero-order valence-electron chi connectivity index (χ0n) is 13.6. The third-order valence-corrected chi connectivity index (χ3v) is 5.12. The van der Waals surface area contributed by atoms with E-state index in [9.17, 15) is 0 Å². The number of hydrogen-bond donors (Lipinski definition) is 0. The summed E-state index contributed by atoms with van der Waals surface area (Å²) in [6.07, 6.45) is 1.01. The summed E-state index contributed by atoms with van der Waals surface area (Å²) in [6.45, 7) is 7.84. The lowest BCUT2D eigenvalue weighted by molar-refractivity contribution is 0.193. The minimum Gasteiger partial charge on any atom is -0.381 e. The maximum absolute atomic E-state index is 5.56. The average Bonchev–Trinajstić information content (AvgIpc) is 3.24. The van der Waals surface area contributed by atoms with Gasteiger partial charge in [-0.15, -0.1) is 11.3 Å². The Morgan fingerprint density at radius 1 is 1.30 bits per heavy atom. The van der Waals surface area contributed by atoms with Gasteiger partial charge in [0.2, 0.25) is 0 Å². The second-order valence-electron chi connectivity index (χ2n) is 6.34. The SMILES string of the molecule is Cc1nc2ccc(-n3nc(C(C)C)nc3[C@@H]3CCOC3)cc2s1. The van der Waals surface area contributed by atoms with Gasteiger partial charge in [-0.05, 0) is 31.5 Å². The fraction of sp³-hybridized carbons (Fsp3) is 0.471. The molecule has 6 heteroatoms. The number of rotatable bonds is 3. The number of thiazole rings is 1. The fourth-order valence-corrected chi connectivity index (χ4v) is 3.80. The molecule has 2 aromatic heterocycles. The first-order valence-electron chi connectivity index (χ1n) is 8.04. The predicted molar refractivity (Wildman–Crippen MR) is 91.5 cm³/mol. The summed E-state index contributed by atoms with van der Waals surface area (Å²) >= 11 is 1.71. The molecule has 0 aliphatic carbocycles. The number of nitrogens with zero attached hydrogens (tertiary/aromatic N) is 4. The molecule has 3 heterocycles. The van der Waals surface area contributed by atoms with E-state index in [-0.39, 0.29) is 0 Å². The van der Waals surface area contributed by atoms with Gasteiger partial charge in [-0.25, -0.2) is 14.6 Å². The van der Waals surface area contributed by atoms with E-state index in [1.165, 1.54) is 4.70 Å². The molecule has 1 aromatic carbocycles. The molecule has 4 rings (SSSR count). The molecule has 3 aromatic rings. The summed E-state index contributed by atoms with van der Waals surface area (Å²) < 4.78 is 8.75. The van der Waals surface area contributed by atoms with E-state index in [0.29, 0.717) is 11.8 Å². The third kappa shape index (κ3) is 2.66. The number of ether oxygens (including phenoxy) is 1. The normalized spacial score (nSPS) is 18.3. The molecule has 5 nitrogen and oxygen atoms in total. The minimum atomic E-state index is 0.312. The summed E-state index contributed by atoms with van der Waals surface area (Å²) in [7, 11) is 0. The van der Waals surface area contributed by atoms with Crippen molar-refractivity contribution >= 4 is 21.6 Å². The van der Waals surface area contributed by atoms with Crippen LogP contribution in [0.2, 0.25) is 0 Å². The van der Waals surface area contributed by atoms with Crippen LogP contribution in [0.4, 0.5) is 0 Å². The summed E-state index contributed by atoms with van der Waals surface area (Å²) in [4.78, 5) is 9.35. The van der Waals surface area contributed by atoms with Gasteiger partial charge in [0, 0.05) is 18.4 Å². The molecule has 1 atom stereocenters. The maximum atomic E-state index is 5.56. The van der Waals surface area contributed by atoms with Gasteiger partial charge in [0.1, 0.15) is 5.82 Å². The number of benzene rings is 1. The molecule has 0 N–H and O–H groups in total. The molecule has 0 radical (unpaired) electrons. The van der Waals surface area contributed by atoms with Crippen LogP contribution in [0, 0.1) is 6.92 Å². The Kier molecular flexibility index (Phi) is 3.66. The minimum absolute atomic E-state index is 0.312. The van der Waals surface area contributed by atoms with Crippen molar-refractivity contribution in [1.29, 1.82) is 0 Å². The van der Waals surface area contributed by atoms with Crippen LogP contribution in [0.15, 0.2) is 18.2 Å². The molecule has 0 bridgehead atoms. The highest BCUT2D eigenvalue weighted by Gasteiger charge is 2.26. The zero-order valence-corrected chi connectivity index (χ0v) is 14.4. The van der Waals surface area contributed by atoms with Crippen LogP contribution in [0.1, 0.15) is 48.8 Å². The first kappa shape index (κ1) is 14.8. The molecule has 1 saturated heterocycles. The maximum Gasteiger partial charge on any atom is 0.153 e. The van der Waals surface area contributed by atoms with Gasteiger partial charge >= 0.3 is 0 Å². The zero-order chi connectivity index (χ0) is 16.0. The van der Waals surface area contributed by atoms with Crippen molar-refractivity contribution in [3.05, 3.63) is 34.9 Å². The molecule has 1 aliphatic heterocycles. The Morgan fingerprint density at radius 3 is 2.91 bits per heavy atom. The van der Waals surface area contributed by atoms with E-state index < -0.39 is 0 Å². The van der Waals surface area contributed by atoms with Crippen molar-refractivity contribution in [3.8, 4) is 5.69 Å². The molecule has 23 heavy (non-hydrogen) atoms. The second kappa shape index (κ2) is 5.69. The molecule has 120 valence electrons. The van der Waals surface area contributed by atoms with Crippen LogP contribution in [0.5, 0.6) is 0 Å². The van der Waals surface area contributed by atoms with Crippen molar-refractivity contribution in [2.45, 2.75) is 39.0 Å². The summed E-state index contributed by atoms with van der Waals surface area (Å²) in [6, 6.07) is 6.32. The van der Waals surface area contributed by atoms with Crippen LogP contribution >= 0.6 is 11.3 Å². The van der Waals surface area contributed by atoms with E-state index in [1.807, 2.05) is 11.6 Å². The van der Waals surface area contributed by atoms with E-state index in [1.54, 1.807) is 11.3 Å². The fourth-order valence-electron chi connectivity index (χ4n) is 2.94. The topological polar surface area (TPSA) is 52.8 Å². The monoisotopic (exact) mass is 328 g/mol. The van der Waals surface area contributed by atoms with E-state index in [0.717, 1.165) is 47.5 Å². The highest BCUT2D eigenvalue weighted by atomic mass is 32.1. The Bertz CT molecular complexity index is 846. The van der Waals surface area contributed by atoms with Crippen LogP contribution in [-0.4, -0.2) is 33.0 Å². The van der Waals surface area contributed by atoms with Crippen molar-refractivity contribution in [2.75, 3.05) is 13.2 Å². The standard InChI is InChI=1S/C17H20N4OS/c1-10(2)16-19-17(12-6-7-22-9-12)21(20-16)13-4-5-14-15(8-13)23-11(3)18-14/h4-5,8,10,12H,6-7,9H2,1-3H3/t12-/m1/s1. The van der Waals surface area contributed by atoms with Gasteiger partial charge in [0.15, 0.2) is 5.82 Å². The summed E-state index contributed by atoms with van der Waals surface area (Å²) in [5.74, 6) is 2.56. The van der Waals surface area contributed by atoms with Gasteiger partial charge in [-0.2, -0.15) is 5.10 Å². The van der Waals surface area contributed by atoms with Crippen molar-refractivity contribution in [1.82, 2.24) is 19.7 Å². The molecule has 0 amide bonds. The van der Waals surface area contributed by atoms with Crippen LogP contribution in [0.25, 0.3) is 15.9 Å². The molecular formula is C17H20N4OS. The van der Waals surface area contributed by atoms with E-state index >= 15 is 0 Å². The summed E-state index contributed by atoms with van der Waals surface area (Å²) in [5, 5.41) is 5.86. The number of aromatic nitrogens is 4. The Morgan fingerprint density at radius 2 is 2.17 bits per heavy atom. The summed E-state index contributed by atoms with van der Waals surface area (Å²) in [5.41, 5.74) is 2.11. The van der Waals surface area contributed by atoms with Crippen LogP contribution < -0.4 is 0 Å². The molecule has 0 spiro atoms. The lowest BCUT2D eigenvalue weighted by Crippen LogP contribution is -2.09. The van der Waals surface area contributed by atoms with E-state index in [2.05, 4.69) is 37.0 Å². The molecular weight excluding hydrogens is 308 g/mol. The first-order chi connectivity index (χ1) is 11.1. The number of fused-ring (bicyclic) bond motifs is 1. The highest BCUT2D eigenvalue weighted by Crippen LogP contribution is 2.29. The largest absolute Gasteiger partial charge is 0.381 e. The van der Waals surface area contributed by atoms with Gasteiger partial charge in [-0.1, -0.05) is 13.8 Å². The second-order valence-corrected chi connectivity index (χ2v) is 7.57. The number of hydrogen-bond acceptors (Lipinski definition) is 5. The van der Waals surface area contributed by atoms with Gasteiger partial charge in [0.05, 0.1) is 27.5 Å². The molecule has 0 unspecified atom stereocenters. The van der Waals surface area contributed by atoms with Crippen molar-refractivity contribution in [3.63, 3.8) is 0 Å². The first-order valence-corrected chi connectivity index (χ1v) is 8.85. The Labute approximate surface area is 139 Å². The van der Waals surface area contributed by atoms with Gasteiger partial charge < -0.3 is 4.74 Å². The highest BCUT2D eigenvalue weighted by molar-refractivity contribution is 7.18. The molecule has 0 saturated carbocycles. The van der Waals surface area contributed by atoms with Crippen molar-refractivity contribution < 1.29 is 4.74 Å². The lowest BCUT2D eigenvalue weighted by Gasteiger charge is -2.09. The van der Waals surface area contributed by atoms with Crippen molar-refractivity contribution in [2.24, 2.45) is 0 Å². The quantitative estimate of drug-likeness (QED) is 0.733. The predicted octanol–water partition coefficient (Wildman–Crippen LogP) is 3.81. The van der Waals surface area contributed by atoms with E-state index in [4.69, 9.17) is 14.8 Å². The third-order valence-electron chi connectivity index (χ3n) is 4.18. The van der Waals surface area contributed by atoms with Crippen LogP contribution in [-0.2, 0) is 4.74 Å². The van der Waals surface area contributed by atoms with Gasteiger partial charge in [-0.3, -0.25) is 0 Å². The lowest BCUT2D eigenvalue weighted by atomic mass is 10.1. The average molecular weight is 328 g/mol. The smallest absolute Gasteiger partial charge is 0.153 e. The van der Waals surface area contributed by atoms with Crippen LogP contribution in [0.3, 0.4) is 0 Å².